The van der Waals surface area contributed by atoms with Crippen LogP contribution in [0.4, 0.5) is 5.69 Å². The van der Waals surface area contributed by atoms with E-state index in [2.05, 4.69) is 0 Å². The summed E-state index contributed by atoms with van der Waals surface area (Å²) in [6, 6.07) is 15.1. The summed E-state index contributed by atoms with van der Waals surface area (Å²) >= 11 is 6.22. The van der Waals surface area contributed by atoms with Crippen molar-refractivity contribution in [1.29, 1.82) is 0 Å². The van der Waals surface area contributed by atoms with Crippen LogP contribution in [0.25, 0.3) is 0 Å². The van der Waals surface area contributed by atoms with Gasteiger partial charge in [0.05, 0.1) is 17.0 Å². The Labute approximate surface area is 150 Å². The van der Waals surface area contributed by atoms with Gasteiger partial charge < -0.3 is 4.74 Å². The predicted octanol–water partition coefficient (Wildman–Crippen LogP) is 3.98. The largest absolute Gasteiger partial charge is 0.456 e. The molecular formula is C20H16ClNO3. The van der Waals surface area contributed by atoms with Gasteiger partial charge >= 0.3 is 5.97 Å². The van der Waals surface area contributed by atoms with Crippen molar-refractivity contribution in [1.82, 2.24) is 0 Å². The molecule has 25 heavy (non-hydrogen) atoms. The second-order valence-corrected chi connectivity index (χ2v) is 6.67. The normalized spacial score (nSPS) is 19.9. The molecule has 0 aromatic heterocycles. The van der Waals surface area contributed by atoms with Gasteiger partial charge in [-0.05, 0) is 30.2 Å². The molecule has 2 aromatic carbocycles. The Bertz CT molecular complexity index is 904. The zero-order valence-electron chi connectivity index (χ0n) is 13.7. The van der Waals surface area contributed by atoms with Gasteiger partial charge in [-0.3, -0.25) is 9.69 Å². The lowest BCUT2D eigenvalue weighted by molar-refractivity contribution is -0.136. The summed E-state index contributed by atoms with van der Waals surface area (Å²) in [7, 11) is 0. The van der Waals surface area contributed by atoms with E-state index in [1.54, 1.807) is 11.0 Å². The van der Waals surface area contributed by atoms with Gasteiger partial charge in [0.2, 0.25) is 5.91 Å². The lowest BCUT2D eigenvalue weighted by atomic mass is 9.84. The third-order valence-corrected chi connectivity index (χ3v) is 5.14. The molecule has 0 radical (unpaired) electrons. The number of carbonyl (C=O) groups is 2. The maximum absolute atomic E-state index is 12.9. The van der Waals surface area contributed by atoms with Crippen molar-refractivity contribution in [3.63, 3.8) is 0 Å². The Kier molecular flexibility index (Phi) is 3.85. The minimum absolute atomic E-state index is 0.0641. The number of aryl methyl sites for hydroxylation is 1. The fourth-order valence-electron chi connectivity index (χ4n) is 3.44. The first kappa shape index (κ1) is 15.9. The molecule has 126 valence electrons. The lowest BCUT2D eigenvalue weighted by Crippen LogP contribution is -2.37. The summed E-state index contributed by atoms with van der Waals surface area (Å²) < 4.78 is 5.27. The summed E-state index contributed by atoms with van der Waals surface area (Å²) in [5, 5.41) is 0.586. The molecule has 5 heteroatoms. The summed E-state index contributed by atoms with van der Waals surface area (Å²) in [5.41, 5.74) is 3.74. The molecule has 0 saturated carbocycles. The quantitative estimate of drug-likeness (QED) is 0.767. The second kappa shape index (κ2) is 6.05. The number of esters is 1. The van der Waals surface area contributed by atoms with Crippen LogP contribution in [0.1, 0.15) is 23.5 Å². The summed E-state index contributed by atoms with van der Waals surface area (Å²) in [6.07, 6.45) is 0.226. The van der Waals surface area contributed by atoms with Gasteiger partial charge in [-0.1, -0.05) is 48.0 Å². The minimum Gasteiger partial charge on any atom is -0.456 e. The maximum Gasteiger partial charge on any atom is 0.336 e. The highest BCUT2D eigenvalue weighted by Crippen LogP contribution is 2.42. The molecule has 1 unspecified atom stereocenters. The first-order valence-electron chi connectivity index (χ1n) is 8.10. The van der Waals surface area contributed by atoms with Gasteiger partial charge in [0, 0.05) is 17.4 Å². The van der Waals surface area contributed by atoms with E-state index in [9.17, 15) is 9.59 Å². The lowest BCUT2D eigenvalue weighted by Gasteiger charge is -2.32. The molecule has 0 fully saturated rings. The van der Waals surface area contributed by atoms with Crippen molar-refractivity contribution in [3.05, 3.63) is 76.0 Å². The highest BCUT2D eigenvalue weighted by atomic mass is 35.5. The van der Waals surface area contributed by atoms with E-state index in [0.29, 0.717) is 22.0 Å². The number of hydrogen-bond donors (Lipinski definition) is 0. The summed E-state index contributed by atoms with van der Waals surface area (Å²) in [4.78, 5) is 26.8. The molecule has 0 N–H and O–H groups in total. The number of carbonyl (C=O) groups excluding carboxylic acids is 2. The summed E-state index contributed by atoms with van der Waals surface area (Å²) in [5.74, 6) is -0.679. The zero-order chi connectivity index (χ0) is 17.6. The number of anilines is 1. The van der Waals surface area contributed by atoms with Crippen LogP contribution in [0.15, 0.2) is 59.8 Å². The monoisotopic (exact) mass is 353 g/mol. The fraction of sp³-hybridized carbons (Fsp3) is 0.200. The predicted molar refractivity (Wildman–Crippen MR) is 95.5 cm³/mol. The van der Waals surface area contributed by atoms with Crippen molar-refractivity contribution >= 4 is 29.2 Å². The Morgan fingerprint density at radius 3 is 2.60 bits per heavy atom. The average molecular weight is 354 g/mol. The van der Waals surface area contributed by atoms with Gasteiger partial charge in [0.1, 0.15) is 6.61 Å². The topological polar surface area (TPSA) is 46.6 Å². The van der Waals surface area contributed by atoms with Crippen molar-refractivity contribution in [2.24, 2.45) is 0 Å². The molecule has 1 amide bonds. The Morgan fingerprint density at radius 1 is 1.12 bits per heavy atom. The van der Waals surface area contributed by atoms with Gasteiger partial charge in [-0.2, -0.15) is 0 Å². The molecule has 4 rings (SSSR count). The standard InChI is InChI=1S/C20H16ClNO3/c1-12-7-8-14(9-16(12)21)22-17-11-25-20(24)19(17)15(10-18(22)23)13-5-3-2-4-6-13/h2-9,15H,10-11H2,1H3. The zero-order valence-corrected chi connectivity index (χ0v) is 14.4. The molecule has 2 aliphatic rings. The molecule has 4 nitrogen and oxygen atoms in total. The SMILES string of the molecule is Cc1ccc(N2C(=O)CC(c3ccccc3)C3=C2COC3=O)cc1Cl. The molecule has 0 spiro atoms. The summed E-state index contributed by atoms with van der Waals surface area (Å²) in [6.45, 7) is 2.01. The van der Waals surface area contributed by atoms with E-state index in [1.807, 2.05) is 49.4 Å². The van der Waals surface area contributed by atoms with E-state index in [-0.39, 0.29) is 30.8 Å². The Balaban J connectivity index is 1.84. The number of nitrogens with zero attached hydrogens (tertiary/aromatic N) is 1. The number of rotatable bonds is 2. The van der Waals surface area contributed by atoms with Crippen LogP contribution in [0.2, 0.25) is 5.02 Å². The van der Waals surface area contributed by atoms with Crippen LogP contribution in [0.5, 0.6) is 0 Å². The van der Waals surface area contributed by atoms with Gasteiger partial charge in [-0.15, -0.1) is 0 Å². The Hall–Kier alpha value is -2.59. The third-order valence-electron chi connectivity index (χ3n) is 4.73. The first-order chi connectivity index (χ1) is 12.1. The fourth-order valence-corrected chi connectivity index (χ4v) is 3.62. The van der Waals surface area contributed by atoms with E-state index in [0.717, 1.165) is 11.1 Å². The average Bonchev–Trinajstić information content (AvgIpc) is 2.99. The van der Waals surface area contributed by atoms with Crippen LogP contribution in [0, 0.1) is 6.92 Å². The van der Waals surface area contributed by atoms with Crippen molar-refractivity contribution in [3.8, 4) is 0 Å². The smallest absolute Gasteiger partial charge is 0.336 e. The van der Waals surface area contributed by atoms with Crippen LogP contribution in [0.3, 0.4) is 0 Å². The number of halogens is 1. The number of benzene rings is 2. The molecule has 2 aromatic rings. The molecule has 0 saturated heterocycles. The van der Waals surface area contributed by atoms with Crippen LogP contribution in [-0.2, 0) is 14.3 Å². The number of cyclic esters (lactones) is 1. The molecular weight excluding hydrogens is 338 g/mol. The maximum atomic E-state index is 12.9. The van der Waals surface area contributed by atoms with E-state index < -0.39 is 0 Å². The van der Waals surface area contributed by atoms with E-state index in [1.165, 1.54) is 0 Å². The number of hydrogen-bond acceptors (Lipinski definition) is 3. The number of amides is 1. The van der Waals surface area contributed by atoms with Crippen molar-refractivity contribution in [2.45, 2.75) is 19.3 Å². The van der Waals surface area contributed by atoms with Crippen LogP contribution < -0.4 is 4.90 Å². The van der Waals surface area contributed by atoms with E-state index >= 15 is 0 Å². The van der Waals surface area contributed by atoms with Crippen LogP contribution >= 0.6 is 11.6 Å². The highest BCUT2D eigenvalue weighted by Gasteiger charge is 2.42. The second-order valence-electron chi connectivity index (χ2n) is 6.27. The van der Waals surface area contributed by atoms with E-state index in [4.69, 9.17) is 16.3 Å². The van der Waals surface area contributed by atoms with Gasteiger partial charge in [0.25, 0.3) is 0 Å². The molecule has 2 heterocycles. The molecule has 0 bridgehead atoms. The van der Waals surface area contributed by atoms with Crippen molar-refractivity contribution < 1.29 is 14.3 Å². The Morgan fingerprint density at radius 2 is 1.88 bits per heavy atom. The molecule has 2 aliphatic heterocycles. The number of ether oxygens (including phenoxy) is 1. The minimum atomic E-state index is -0.348. The molecule has 0 aliphatic carbocycles. The van der Waals surface area contributed by atoms with Crippen molar-refractivity contribution in [2.75, 3.05) is 11.5 Å². The first-order valence-corrected chi connectivity index (χ1v) is 8.48. The molecule has 1 atom stereocenters. The third kappa shape index (κ3) is 2.63. The van der Waals surface area contributed by atoms with Gasteiger partial charge in [0.15, 0.2) is 0 Å². The van der Waals surface area contributed by atoms with Crippen LogP contribution in [-0.4, -0.2) is 18.5 Å². The highest BCUT2D eigenvalue weighted by molar-refractivity contribution is 6.31. The van der Waals surface area contributed by atoms with Gasteiger partial charge in [-0.25, -0.2) is 4.79 Å².